The number of carbonyl (C=O) groups excluding carboxylic acids is 1. The summed E-state index contributed by atoms with van der Waals surface area (Å²) in [6.45, 7) is 1.11. The highest BCUT2D eigenvalue weighted by atomic mass is 19.1. The van der Waals surface area contributed by atoms with Crippen molar-refractivity contribution in [1.29, 1.82) is 0 Å². The summed E-state index contributed by atoms with van der Waals surface area (Å²) < 4.78 is 13.6. The van der Waals surface area contributed by atoms with E-state index in [2.05, 4.69) is 0 Å². The van der Waals surface area contributed by atoms with Crippen molar-refractivity contribution in [3.63, 3.8) is 0 Å². The fraction of sp³-hybridized carbons (Fsp3) is 0.417. The number of carbonyl (C=O) groups is 1. The fourth-order valence-corrected chi connectivity index (χ4v) is 2.13. The second-order valence-corrected chi connectivity index (χ2v) is 4.46. The minimum absolute atomic E-state index is 0.0286. The van der Waals surface area contributed by atoms with E-state index < -0.39 is 16.4 Å². The summed E-state index contributed by atoms with van der Waals surface area (Å²) in [6.07, 6.45) is 0.690. The Labute approximate surface area is 109 Å². The lowest BCUT2D eigenvalue weighted by Gasteiger charge is -2.21. The third kappa shape index (κ3) is 2.64. The Morgan fingerprint density at radius 2 is 2.11 bits per heavy atom. The van der Waals surface area contributed by atoms with E-state index in [0.29, 0.717) is 19.5 Å². The number of rotatable bonds is 2. The molecule has 1 fully saturated rings. The van der Waals surface area contributed by atoms with Crippen LogP contribution in [0, 0.1) is 15.9 Å². The van der Waals surface area contributed by atoms with Gasteiger partial charge in [-0.15, -0.1) is 0 Å². The van der Waals surface area contributed by atoms with Crippen LogP contribution in [0.1, 0.15) is 6.42 Å². The average Bonchev–Trinajstić information content (AvgIpc) is 2.51. The molecule has 0 spiro atoms. The van der Waals surface area contributed by atoms with Crippen molar-refractivity contribution in [1.82, 2.24) is 4.90 Å². The van der Waals surface area contributed by atoms with Gasteiger partial charge in [-0.2, -0.15) is 4.39 Å². The van der Waals surface area contributed by atoms with E-state index in [9.17, 15) is 19.3 Å². The Morgan fingerprint density at radius 1 is 1.37 bits per heavy atom. The Balaban J connectivity index is 2.38. The van der Waals surface area contributed by atoms with Gasteiger partial charge in [0.2, 0.25) is 11.7 Å². The monoisotopic (exact) mass is 267 g/mol. The molecule has 0 atom stereocenters. The Morgan fingerprint density at radius 3 is 2.79 bits per heavy atom. The molecule has 1 aliphatic heterocycles. The number of halogens is 1. The molecule has 1 heterocycles. The predicted molar refractivity (Wildman–Crippen MR) is 67.5 cm³/mol. The normalized spacial score (nSPS) is 16.4. The van der Waals surface area contributed by atoms with Crippen molar-refractivity contribution >= 4 is 17.3 Å². The smallest absolute Gasteiger partial charge is 0.327 e. The molecule has 0 aliphatic carbocycles. The van der Waals surface area contributed by atoms with Gasteiger partial charge in [0.25, 0.3) is 0 Å². The molecule has 1 aromatic rings. The van der Waals surface area contributed by atoms with Gasteiger partial charge in [0, 0.05) is 20.1 Å². The SMILES string of the molecule is CN1CCCN(c2cccc(F)c2[N+](=O)[O-])CC1=O. The van der Waals surface area contributed by atoms with E-state index in [1.165, 1.54) is 12.1 Å². The molecule has 0 saturated carbocycles. The summed E-state index contributed by atoms with van der Waals surface area (Å²) in [5.74, 6) is -1.01. The number of nitrogens with zero attached hydrogens (tertiary/aromatic N) is 3. The molecule has 7 heteroatoms. The number of nitro benzene ring substituents is 1. The first-order valence-electron chi connectivity index (χ1n) is 5.92. The van der Waals surface area contributed by atoms with Gasteiger partial charge in [-0.05, 0) is 18.6 Å². The fourth-order valence-electron chi connectivity index (χ4n) is 2.13. The minimum Gasteiger partial charge on any atom is -0.357 e. The van der Waals surface area contributed by atoms with Crippen molar-refractivity contribution in [2.45, 2.75) is 6.42 Å². The number of anilines is 1. The number of hydrogen-bond donors (Lipinski definition) is 0. The van der Waals surface area contributed by atoms with Crippen molar-refractivity contribution < 1.29 is 14.1 Å². The summed E-state index contributed by atoms with van der Waals surface area (Å²) in [6, 6.07) is 3.93. The topological polar surface area (TPSA) is 66.7 Å². The van der Waals surface area contributed by atoms with Crippen molar-refractivity contribution in [3.8, 4) is 0 Å². The molecule has 0 unspecified atom stereocenters. The van der Waals surface area contributed by atoms with Crippen LogP contribution in [0.25, 0.3) is 0 Å². The third-order valence-electron chi connectivity index (χ3n) is 3.16. The quantitative estimate of drug-likeness (QED) is 0.600. The highest BCUT2D eigenvalue weighted by Gasteiger charge is 2.27. The Kier molecular flexibility index (Phi) is 3.64. The lowest BCUT2D eigenvalue weighted by atomic mass is 10.2. The number of likely N-dealkylation sites (N-methyl/N-ethyl adjacent to an activating group) is 1. The maximum absolute atomic E-state index is 13.6. The molecular weight excluding hydrogens is 253 g/mol. The summed E-state index contributed by atoms with van der Waals surface area (Å²) in [5, 5.41) is 11.0. The van der Waals surface area contributed by atoms with Crippen molar-refractivity contribution in [2.24, 2.45) is 0 Å². The zero-order valence-corrected chi connectivity index (χ0v) is 10.5. The molecule has 0 N–H and O–H groups in total. The molecule has 1 amide bonds. The standard InChI is InChI=1S/C12H14FN3O3/c1-14-6-3-7-15(8-11(14)17)10-5-2-4-9(13)12(10)16(18)19/h2,4-5H,3,6-8H2,1H3. The summed E-state index contributed by atoms with van der Waals surface area (Å²) in [7, 11) is 1.69. The van der Waals surface area contributed by atoms with Gasteiger partial charge in [-0.25, -0.2) is 0 Å². The number of benzene rings is 1. The second-order valence-electron chi connectivity index (χ2n) is 4.46. The van der Waals surface area contributed by atoms with Gasteiger partial charge < -0.3 is 9.80 Å². The van der Waals surface area contributed by atoms with Gasteiger partial charge in [-0.1, -0.05) is 6.07 Å². The highest BCUT2D eigenvalue weighted by Crippen LogP contribution is 2.31. The van der Waals surface area contributed by atoms with Crippen LogP contribution in [0.4, 0.5) is 15.8 Å². The van der Waals surface area contributed by atoms with Gasteiger partial charge in [0.15, 0.2) is 0 Å². The van der Waals surface area contributed by atoms with Crippen LogP contribution in [0.2, 0.25) is 0 Å². The summed E-state index contributed by atoms with van der Waals surface area (Å²) >= 11 is 0. The first-order valence-corrected chi connectivity index (χ1v) is 5.92. The average molecular weight is 267 g/mol. The second kappa shape index (κ2) is 5.21. The Bertz CT molecular complexity index is 521. The highest BCUT2D eigenvalue weighted by molar-refractivity contribution is 5.83. The molecule has 0 aromatic heterocycles. The first-order chi connectivity index (χ1) is 9.00. The lowest BCUT2D eigenvalue weighted by Crippen LogP contribution is -2.34. The molecular formula is C12H14FN3O3. The van der Waals surface area contributed by atoms with Crippen LogP contribution >= 0.6 is 0 Å². The van der Waals surface area contributed by atoms with Crippen LogP contribution in [-0.2, 0) is 4.79 Å². The molecule has 2 rings (SSSR count). The molecule has 1 aromatic carbocycles. The van der Waals surface area contributed by atoms with Crippen LogP contribution in [0.15, 0.2) is 18.2 Å². The molecule has 0 radical (unpaired) electrons. The molecule has 19 heavy (non-hydrogen) atoms. The number of hydrogen-bond acceptors (Lipinski definition) is 4. The molecule has 0 bridgehead atoms. The Hall–Kier alpha value is -2.18. The molecule has 102 valence electrons. The van der Waals surface area contributed by atoms with E-state index in [4.69, 9.17) is 0 Å². The van der Waals surface area contributed by atoms with E-state index in [1.54, 1.807) is 16.8 Å². The predicted octanol–water partition coefficient (Wildman–Crippen LogP) is 1.40. The van der Waals surface area contributed by atoms with Crippen LogP contribution in [0.5, 0.6) is 0 Å². The van der Waals surface area contributed by atoms with Crippen molar-refractivity contribution in [2.75, 3.05) is 31.6 Å². The van der Waals surface area contributed by atoms with Gasteiger partial charge >= 0.3 is 5.69 Å². The molecule has 1 aliphatic rings. The third-order valence-corrected chi connectivity index (χ3v) is 3.16. The minimum atomic E-state index is -0.882. The van der Waals surface area contributed by atoms with Gasteiger partial charge in [0.05, 0.1) is 11.5 Å². The van der Waals surface area contributed by atoms with Crippen LogP contribution in [0.3, 0.4) is 0 Å². The van der Waals surface area contributed by atoms with Crippen molar-refractivity contribution in [3.05, 3.63) is 34.1 Å². The van der Waals surface area contributed by atoms with E-state index in [0.717, 1.165) is 6.07 Å². The van der Waals surface area contributed by atoms with E-state index in [-0.39, 0.29) is 18.1 Å². The van der Waals surface area contributed by atoms with E-state index in [1.807, 2.05) is 0 Å². The molecule has 6 nitrogen and oxygen atoms in total. The summed E-state index contributed by atoms with van der Waals surface area (Å²) in [5.41, 5.74) is -0.409. The zero-order chi connectivity index (χ0) is 14.0. The number of nitro groups is 1. The van der Waals surface area contributed by atoms with E-state index >= 15 is 0 Å². The largest absolute Gasteiger partial charge is 0.357 e. The van der Waals surface area contributed by atoms with Crippen LogP contribution < -0.4 is 4.90 Å². The maximum atomic E-state index is 13.6. The number of para-hydroxylation sites is 1. The molecule has 1 saturated heterocycles. The lowest BCUT2D eigenvalue weighted by molar-refractivity contribution is -0.386. The first kappa shape index (κ1) is 13.3. The zero-order valence-electron chi connectivity index (χ0n) is 10.5. The number of amides is 1. The van der Waals surface area contributed by atoms with Crippen LogP contribution in [-0.4, -0.2) is 42.4 Å². The van der Waals surface area contributed by atoms with Gasteiger partial charge in [0.1, 0.15) is 5.69 Å². The van der Waals surface area contributed by atoms with Gasteiger partial charge in [-0.3, -0.25) is 14.9 Å². The summed E-state index contributed by atoms with van der Waals surface area (Å²) in [4.78, 5) is 25.1. The maximum Gasteiger partial charge on any atom is 0.327 e.